The van der Waals surface area contributed by atoms with Crippen molar-refractivity contribution in [3.05, 3.63) is 29.8 Å². The first-order valence-corrected chi connectivity index (χ1v) is 5.21. The maximum atomic E-state index is 13.4. The van der Waals surface area contributed by atoms with E-state index >= 15 is 0 Å². The van der Waals surface area contributed by atoms with Gasteiger partial charge in [0.15, 0.2) is 0 Å². The number of nitrogens with zero attached hydrogens (tertiary/aromatic N) is 1. The van der Waals surface area contributed by atoms with Crippen molar-refractivity contribution in [3.63, 3.8) is 0 Å². The monoisotopic (exact) mass is 194 g/mol. The zero-order chi connectivity index (χ0) is 9.80. The number of pyridine rings is 1. The molecule has 1 aromatic rings. The highest BCUT2D eigenvalue weighted by molar-refractivity contribution is 5.17. The van der Waals surface area contributed by atoms with Gasteiger partial charge >= 0.3 is 0 Å². The van der Waals surface area contributed by atoms with Gasteiger partial charge in [-0.3, -0.25) is 4.98 Å². The summed E-state index contributed by atoms with van der Waals surface area (Å²) in [6, 6.07) is 1.96. The number of hydrogen-bond donors (Lipinski definition) is 1. The Bertz CT molecular complexity index is 293. The van der Waals surface area contributed by atoms with E-state index in [0.29, 0.717) is 0 Å². The second kappa shape index (κ2) is 4.51. The topological polar surface area (TPSA) is 24.9 Å². The van der Waals surface area contributed by atoms with E-state index in [4.69, 9.17) is 0 Å². The fraction of sp³-hybridized carbons (Fsp3) is 0.545. The van der Waals surface area contributed by atoms with E-state index < -0.39 is 0 Å². The quantitative estimate of drug-likeness (QED) is 0.742. The number of rotatable bonds is 1. The largest absolute Gasteiger partial charge is 0.310 e. The smallest absolute Gasteiger partial charge is 0.146 e. The molecule has 1 aromatic heterocycles. The van der Waals surface area contributed by atoms with Crippen molar-refractivity contribution in [2.24, 2.45) is 0 Å². The maximum absolute atomic E-state index is 13.4. The van der Waals surface area contributed by atoms with Gasteiger partial charge < -0.3 is 5.32 Å². The molecule has 1 unspecified atom stereocenters. The van der Waals surface area contributed by atoms with E-state index in [1.807, 2.05) is 0 Å². The zero-order valence-corrected chi connectivity index (χ0v) is 8.17. The van der Waals surface area contributed by atoms with Crippen LogP contribution in [0, 0.1) is 5.82 Å². The molecule has 1 aliphatic rings. The molecule has 1 aliphatic heterocycles. The molecule has 0 amide bonds. The molecule has 1 N–H and O–H groups in total. The van der Waals surface area contributed by atoms with E-state index in [2.05, 4.69) is 10.3 Å². The Morgan fingerprint density at radius 3 is 3.14 bits per heavy atom. The van der Waals surface area contributed by atoms with Crippen LogP contribution in [0.4, 0.5) is 4.39 Å². The lowest BCUT2D eigenvalue weighted by Gasteiger charge is -2.16. The van der Waals surface area contributed by atoms with Crippen LogP contribution in [0.15, 0.2) is 18.5 Å². The Labute approximate surface area is 83.6 Å². The van der Waals surface area contributed by atoms with Crippen molar-refractivity contribution in [3.8, 4) is 0 Å². The van der Waals surface area contributed by atoms with Crippen LogP contribution in [0.1, 0.15) is 37.3 Å². The van der Waals surface area contributed by atoms with Gasteiger partial charge in [-0.2, -0.15) is 0 Å². The first kappa shape index (κ1) is 9.59. The molecule has 76 valence electrons. The van der Waals surface area contributed by atoms with Crippen molar-refractivity contribution in [2.75, 3.05) is 6.54 Å². The van der Waals surface area contributed by atoms with E-state index in [-0.39, 0.29) is 11.9 Å². The van der Waals surface area contributed by atoms with Gasteiger partial charge in [-0.15, -0.1) is 0 Å². The standard InChI is InChI=1S/C11H15FN2/c12-10-8-13-7-5-9(10)11-4-2-1-3-6-14-11/h5,7-8,11,14H,1-4,6H2. The first-order chi connectivity index (χ1) is 6.88. The summed E-state index contributed by atoms with van der Waals surface area (Å²) >= 11 is 0. The summed E-state index contributed by atoms with van der Waals surface area (Å²) in [6.45, 7) is 0.992. The van der Waals surface area contributed by atoms with Gasteiger partial charge in [0.1, 0.15) is 5.82 Å². The van der Waals surface area contributed by atoms with Crippen LogP contribution >= 0.6 is 0 Å². The molecule has 2 rings (SSSR count). The Hall–Kier alpha value is -0.960. The number of halogens is 1. The summed E-state index contributed by atoms with van der Waals surface area (Å²) in [5, 5.41) is 3.37. The second-order valence-electron chi connectivity index (χ2n) is 3.75. The lowest BCUT2D eigenvalue weighted by Crippen LogP contribution is -2.21. The van der Waals surface area contributed by atoms with Crippen molar-refractivity contribution in [1.29, 1.82) is 0 Å². The van der Waals surface area contributed by atoms with Crippen LogP contribution in [0.3, 0.4) is 0 Å². The highest BCUT2D eigenvalue weighted by Crippen LogP contribution is 2.23. The van der Waals surface area contributed by atoms with Crippen molar-refractivity contribution in [2.45, 2.75) is 31.7 Å². The molecule has 0 radical (unpaired) electrons. The molecule has 0 aliphatic carbocycles. The Morgan fingerprint density at radius 2 is 2.29 bits per heavy atom. The average Bonchev–Trinajstić information content (AvgIpc) is 2.47. The molecule has 0 bridgehead atoms. The minimum Gasteiger partial charge on any atom is -0.310 e. The molecule has 0 saturated carbocycles. The summed E-state index contributed by atoms with van der Waals surface area (Å²) in [6.07, 6.45) is 7.60. The van der Waals surface area contributed by atoms with Crippen LogP contribution in [0.2, 0.25) is 0 Å². The summed E-state index contributed by atoms with van der Waals surface area (Å²) < 4.78 is 13.4. The van der Waals surface area contributed by atoms with Gasteiger partial charge in [-0.1, -0.05) is 12.8 Å². The molecule has 3 heteroatoms. The molecule has 1 atom stereocenters. The van der Waals surface area contributed by atoms with Gasteiger partial charge in [-0.05, 0) is 25.5 Å². The van der Waals surface area contributed by atoms with Gasteiger partial charge in [0.05, 0.1) is 6.20 Å². The third-order valence-corrected chi connectivity index (χ3v) is 2.74. The predicted molar refractivity (Wildman–Crippen MR) is 53.4 cm³/mol. The van der Waals surface area contributed by atoms with Crippen LogP contribution in [0.5, 0.6) is 0 Å². The second-order valence-corrected chi connectivity index (χ2v) is 3.75. The molecule has 0 aromatic carbocycles. The minimum absolute atomic E-state index is 0.181. The number of nitrogens with one attached hydrogen (secondary N) is 1. The highest BCUT2D eigenvalue weighted by Gasteiger charge is 2.16. The summed E-state index contributed by atoms with van der Waals surface area (Å²) in [5.41, 5.74) is 0.766. The zero-order valence-electron chi connectivity index (χ0n) is 8.17. The van der Waals surface area contributed by atoms with Gasteiger partial charge in [0, 0.05) is 17.8 Å². The third kappa shape index (κ3) is 2.10. The van der Waals surface area contributed by atoms with Crippen molar-refractivity contribution < 1.29 is 4.39 Å². The van der Waals surface area contributed by atoms with E-state index in [0.717, 1.165) is 18.5 Å². The Balaban J connectivity index is 2.16. The lowest BCUT2D eigenvalue weighted by atomic mass is 10.0. The fourth-order valence-electron chi connectivity index (χ4n) is 1.96. The van der Waals surface area contributed by atoms with Gasteiger partial charge in [0.2, 0.25) is 0 Å². The molecular weight excluding hydrogens is 179 g/mol. The van der Waals surface area contributed by atoms with Crippen molar-refractivity contribution >= 4 is 0 Å². The average molecular weight is 194 g/mol. The van der Waals surface area contributed by atoms with Crippen molar-refractivity contribution in [1.82, 2.24) is 10.3 Å². The summed E-state index contributed by atoms with van der Waals surface area (Å²) in [7, 11) is 0. The van der Waals surface area contributed by atoms with Crippen LogP contribution in [0.25, 0.3) is 0 Å². The lowest BCUT2D eigenvalue weighted by molar-refractivity contribution is 0.496. The van der Waals surface area contributed by atoms with E-state index in [1.165, 1.54) is 25.5 Å². The maximum Gasteiger partial charge on any atom is 0.146 e. The molecule has 1 fully saturated rings. The number of hydrogen-bond acceptors (Lipinski definition) is 2. The molecule has 2 nitrogen and oxygen atoms in total. The Morgan fingerprint density at radius 1 is 1.36 bits per heavy atom. The van der Waals surface area contributed by atoms with Crippen LogP contribution in [-0.4, -0.2) is 11.5 Å². The fourth-order valence-corrected chi connectivity index (χ4v) is 1.96. The molecular formula is C11H15FN2. The van der Waals surface area contributed by atoms with Crippen LogP contribution < -0.4 is 5.32 Å². The Kier molecular flexibility index (Phi) is 3.09. The normalized spacial score (nSPS) is 23.1. The van der Waals surface area contributed by atoms with E-state index in [9.17, 15) is 4.39 Å². The number of aromatic nitrogens is 1. The molecule has 2 heterocycles. The summed E-state index contributed by atoms with van der Waals surface area (Å²) in [4.78, 5) is 3.76. The summed E-state index contributed by atoms with van der Waals surface area (Å²) in [5.74, 6) is -0.188. The third-order valence-electron chi connectivity index (χ3n) is 2.74. The minimum atomic E-state index is -0.188. The highest BCUT2D eigenvalue weighted by atomic mass is 19.1. The molecule has 14 heavy (non-hydrogen) atoms. The predicted octanol–water partition coefficient (Wildman–Crippen LogP) is 2.43. The van der Waals surface area contributed by atoms with E-state index in [1.54, 1.807) is 12.3 Å². The van der Waals surface area contributed by atoms with Gasteiger partial charge in [-0.25, -0.2) is 4.39 Å². The molecule has 0 spiro atoms. The van der Waals surface area contributed by atoms with Crippen LogP contribution in [-0.2, 0) is 0 Å². The SMILES string of the molecule is Fc1cnccc1C1CCCCCN1. The molecule has 1 saturated heterocycles. The first-order valence-electron chi connectivity index (χ1n) is 5.21. The van der Waals surface area contributed by atoms with Gasteiger partial charge in [0.25, 0.3) is 0 Å².